The van der Waals surface area contributed by atoms with Crippen molar-refractivity contribution < 1.29 is 111 Å². The first-order valence-corrected chi connectivity index (χ1v) is 47.7. The van der Waals surface area contributed by atoms with Gasteiger partial charge in [0.25, 0.3) is 0 Å². The van der Waals surface area contributed by atoms with Crippen LogP contribution in [0.15, 0.2) is 122 Å². The van der Waals surface area contributed by atoms with Crippen LogP contribution in [0.5, 0.6) is 0 Å². The monoisotopic (exact) mass is 1990 g/mol. The highest BCUT2D eigenvalue weighted by Crippen LogP contribution is 2.23. The molecule has 28 N–H and O–H groups in total. The van der Waals surface area contributed by atoms with E-state index in [9.17, 15) is 106 Å². The lowest BCUT2D eigenvalue weighted by Crippen LogP contribution is -2.61. The number of primary amides is 2. The molecule has 0 spiro atoms. The van der Waals surface area contributed by atoms with Crippen LogP contribution in [0.25, 0.3) is 21.8 Å². The molecule has 0 fully saturated rings. The minimum atomic E-state index is -1.77. The molecule has 0 bridgehead atoms. The Balaban J connectivity index is 1.21. The van der Waals surface area contributed by atoms with Gasteiger partial charge in [0, 0.05) is 84.2 Å². The van der Waals surface area contributed by atoms with E-state index in [1.165, 1.54) is 25.6 Å². The molecule has 756 valence electrons. The molecule has 139 heavy (non-hydrogen) atoms. The van der Waals surface area contributed by atoms with E-state index in [0.717, 1.165) is 0 Å². The third kappa shape index (κ3) is 38.0. The number of nitrogens with one attached hydrogen (secondary N) is 17. The molecule has 16 atom stereocenters. The number of carbonyl (C=O) groups excluding carboxylic acids is 17. The fraction of sp³-hybridized carbons (Fsp3) is 0.478. The van der Waals surface area contributed by atoms with Gasteiger partial charge in [-0.05, 0) is 124 Å². The smallest absolute Gasteiger partial charge is 0.326 e. The second kappa shape index (κ2) is 57.5. The molecule has 0 radical (unpaired) electrons. The van der Waals surface area contributed by atoms with Crippen LogP contribution in [-0.4, -0.2) is 270 Å². The van der Waals surface area contributed by atoms with Gasteiger partial charge >= 0.3 is 17.9 Å². The van der Waals surface area contributed by atoms with Crippen LogP contribution in [0, 0.1) is 11.8 Å². The summed E-state index contributed by atoms with van der Waals surface area (Å²) in [6, 6.07) is 5.22. The number of nitrogens with two attached hydrogens (primary N) is 4. The van der Waals surface area contributed by atoms with Gasteiger partial charge in [0.15, 0.2) is 0 Å². The first-order chi connectivity index (χ1) is 65.9. The van der Waals surface area contributed by atoms with E-state index in [2.05, 4.69) is 115 Å². The third-order valence-electron chi connectivity index (χ3n) is 22.2. The molecule has 44 nitrogen and oxygen atoms in total. The number of aliphatic carboxylic acids is 3. The minimum absolute atomic E-state index is 0.0430. The van der Waals surface area contributed by atoms with Crippen molar-refractivity contribution >= 4 is 177 Å². The number of fused-ring (bicyclic) bond motifs is 2. The molecule has 4 aromatic carbocycles. The average Bonchev–Trinajstić information content (AvgIpc) is 1.70. The number of carboxylic acids is 3. The zero-order valence-corrected chi connectivity index (χ0v) is 80.6. The molecule has 0 saturated carbocycles. The van der Waals surface area contributed by atoms with Gasteiger partial charge in [0.05, 0.1) is 18.9 Å². The summed E-state index contributed by atoms with van der Waals surface area (Å²) in [5.41, 5.74) is 26.1. The van der Waals surface area contributed by atoms with Crippen molar-refractivity contribution in [1.82, 2.24) is 89.7 Å². The number of para-hydroxylation sites is 2. The highest BCUT2D eigenvalue weighted by molar-refractivity contribution is 7.98. The van der Waals surface area contributed by atoms with E-state index in [-0.39, 0.29) is 69.6 Å². The number of benzene rings is 4. The van der Waals surface area contributed by atoms with Crippen LogP contribution < -0.4 is 103 Å². The largest absolute Gasteiger partial charge is 0.481 e. The zero-order chi connectivity index (χ0) is 103. The van der Waals surface area contributed by atoms with Gasteiger partial charge in [-0.15, -0.1) is 0 Å². The number of amides is 17. The number of H-pyrrole nitrogens is 2. The van der Waals surface area contributed by atoms with Crippen molar-refractivity contribution in [1.29, 1.82) is 0 Å². The van der Waals surface area contributed by atoms with Crippen molar-refractivity contribution in [2.45, 2.75) is 235 Å². The number of unbranched alkanes of at least 4 members (excludes halogenated alkanes) is 1. The Morgan fingerprint density at radius 2 is 0.712 bits per heavy atom. The number of carboxylic acid groups (broad SMARTS) is 3. The molecular formula is C92H127N21O23S3. The SMILES string of the molecule is CSCC[C@H](NC(=O)[C@H](CCC(=O)O)NC(=O)[C@H](CS)NC(=O)[C@@H](NC(=O)[C@H](Cc1c[nH]c2ccccc12)NC(=O)[C@@H](N)CC(=O)O)C(C)C)C(=O)N[C@@H](Cc1ccccc1)C(=O)N[C@@H](CCCCN)C(=O)N[C@@H](C)C(=O)N[C@@H](CCC(N)=O)C(=O)N[C@@H](Cc1c[nH]c2ccccc12)C(=O)N[C@@H](Cc1ccccc1)C(=O)N[C@@H](CS)C(=O)N[C@@H](CC(N)=O)C(=O)N[C@@H](C)C(=O)N[C@@H](CC(C)C)C(=O)O. The van der Waals surface area contributed by atoms with Gasteiger partial charge in [-0.3, -0.25) is 91.1 Å². The summed E-state index contributed by atoms with van der Waals surface area (Å²) in [4.78, 5) is 282. The van der Waals surface area contributed by atoms with Crippen molar-refractivity contribution in [3.05, 3.63) is 144 Å². The van der Waals surface area contributed by atoms with Gasteiger partial charge in [0.2, 0.25) is 100 Å². The number of carbonyl (C=O) groups is 20. The second-order valence-electron chi connectivity index (χ2n) is 34.1. The lowest BCUT2D eigenvalue weighted by molar-refractivity contribution is -0.143. The number of thiol groups is 2. The molecule has 6 rings (SSSR count). The van der Waals surface area contributed by atoms with E-state index in [0.29, 0.717) is 50.5 Å². The highest BCUT2D eigenvalue weighted by Gasteiger charge is 2.40. The molecule has 2 aromatic heterocycles. The Morgan fingerprint density at radius 3 is 1.12 bits per heavy atom. The number of hydrogen-bond acceptors (Lipinski definition) is 25. The van der Waals surface area contributed by atoms with Gasteiger partial charge in [-0.25, -0.2) is 4.79 Å². The first kappa shape index (κ1) is 114. The Labute approximate surface area is 816 Å². The number of hydrogen-bond donors (Lipinski definition) is 26. The molecule has 0 aliphatic rings. The number of aromatic nitrogens is 2. The summed E-state index contributed by atoms with van der Waals surface area (Å²) in [5.74, 6) is -23.0. The topological polar surface area (TPSA) is 718 Å². The Hall–Kier alpha value is -13.7. The lowest BCUT2D eigenvalue weighted by atomic mass is 10.00. The third-order valence-corrected chi connectivity index (χ3v) is 23.6. The van der Waals surface area contributed by atoms with Crippen LogP contribution in [0.2, 0.25) is 0 Å². The van der Waals surface area contributed by atoms with E-state index < -0.39 is 271 Å². The maximum Gasteiger partial charge on any atom is 0.326 e. The molecule has 6 aromatic rings. The summed E-state index contributed by atoms with van der Waals surface area (Å²) in [6.45, 7) is 9.16. The maximum absolute atomic E-state index is 15.2. The average molecular weight is 1990 g/mol. The Kier molecular flexibility index (Phi) is 47.2. The van der Waals surface area contributed by atoms with Gasteiger partial charge in [-0.2, -0.15) is 37.0 Å². The predicted octanol–water partition coefficient (Wildman–Crippen LogP) is -2.43. The normalized spacial score (nSPS) is 14.7. The summed E-state index contributed by atoms with van der Waals surface area (Å²) in [6.07, 6.45) is 0.117. The fourth-order valence-electron chi connectivity index (χ4n) is 14.6. The molecule has 17 amide bonds. The predicted molar refractivity (Wildman–Crippen MR) is 519 cm³/mol. The van der Waals surface area contributed by atoms with Gasteiger partial charge < -0.3 is 128 Å². The van der Waals surface area contributed by atoms with Crippen molar-refractivity contribution in [2.75, 3.05) is 30.1 Å². The minimum Gasteiger partial charge on any atom is -0.481 e. The number of rotatable bonds is 61. The molecule has 0 aliphatic heterocycles. The summed E-state index contributed by atoms with van der Waals surface area (Å²) in [5, 5.41) is 68.1. The lowest BCUT2D eigenvalue weighted by Gasteiger charge is -2.28. The zero-order valence-electron chi connectivity index (χ0n) is 78.0. The second-order valence-corrected chi connectivity index (χ2v) is 35.9. The van der Waals surface area contributed by atoms with Crippen LogP contribution in [-0.2, 0) is 122 Å². The number of thioether (sulfide) groups is 1. The van der Waals surface area contributed by atoms with Crippen molar-refractivity contribution in [3.8, 4) is 0 Å². The summed E-state index contributed by atoms with van der Waals surface area (Å²) >= 11 is 9.84. The van der Waals surface area contributed by atoms with E-state index in [1.54, 1.807) is 156 Å². The Morgan fingerprint density at radius 1 is 0.360 bits per heavy atom. The quantitative estimate of drug-likeness (QED) is 0.0139. The van der Waals surface area contributed by atoms with Crippen LogP contribution in [0.4, 0.5) is 0 Å². The van der Waals surface area contributed by atoms with Crippen LogP contribution >= 0.6 is 37.0 Å². The van der Waals surface area contributed by atoms with E-state index >= 15 is 4.79 Å². The van der Waals surface area contributed by atoms with E-state index in [4.69, 9.17) is 22.9 Å². The molecule has 0 aliphatic carbocycles. The maximum atomic E-state index is 15.2. The standard InChI is InChI=1S/C92H127N21O23S3/c1-47(2)36-69(92(135)136)110-78(121)50(6)100-84(127)68(42-73(96)115)109-90(133)70(45-137)111-86(129)65(38-52-22-12-9-13-23-52)107-87(130)66(39-53-43-97-58-26-16-14-24-55(53)58)108-82(125)61(29-31-72(95)114)101-77(120)49(5)99-80(123)60(28-18-19-34-93)102-85(128)64(37-51-20-10-8-11-21-51)106-83(126)63(33-35-139-7)104-81(124)62(30-32-74(116)117)103-89(132)71(46-138)112-91(134)76(48(3)4)113-88(131)67(105-79(122)57(94)41-75(118)119)40-54-44-98-59-27-17-15-25-56(54)59/h8-17,20-27,43-44,47-50,57,60-71,76,97-98,137-138H,18-19,28-42,45-46,93-94H2,1-7H3,(H2,95,114)(H2,96,115)(H,99,123)(H,100,127)(H,101,120)(H,102,128)(H,103,132)(H,104,124)(H,105,122)(H,106,126)(H,107,130)(H,108,125)(H,109,133)(H,110,121)(H,111,129)(H,112,134)(H,113,131)(H,116,117)(H,118,119)(H,135,136)/t49-,50-,57-,60-,61-,62-,63-,64-,65-,66-,67-,68-,69-,70-,71-,76-/m0/s1. The summed E-state index contributed by atoms with van der Waals surface area (Å²) < 4.78 is 0. The Bertz CT molecular complexity index is 5280. The van der Waals surface area contributed by atoms with Crippen molar-refractivity contribution in [2.24, 2.45) is 34.8 Å². The number of aromatic amines is 2. The molecular weight excluding hydrogens is 1860 g/mol. The highest BCUT2D eigenvalue weighted by atomic mass is 32.2. The van der Waals surface area contributed by atoms with E-state index in [1.807, 2.05) is 0 Å². The van der Waals surface area contributed by atoms with Crippen molar-refractivity contribution in [3.63, 3.8) is 0 Å². The molecule has 0 saturated heterocycles. The van der Waals surface area contributed by atoms with Gasteiger partial charge in [0.1, 0.15) is 90.6 Å². The van der Waals surface area contributed by atoms with Gasteiger partial charge in [-0.1, -0.05) is 125 Å². The van der Waals surface area contributed by atoms with Crippen LogP contribution in [0.3, 0.4) is 0 Å². The summed E-state index contributed by atoms with van der Waals surface area (Å²) in [7, 11) is 0. The van der Waals surface area contributed by atoms with Crippen LogP contribution in [0.1, 0.15) is 134 Å². The molecule has 0 unspecified atom stereocenters. The molecule has 2 heterocycles. The first-order valence-electron chi connectivity index (χ1n) is 45.1. The fourth-order valence-corrected chi connectivity index (χ4v) is 15.6. The molecule has 47 heteroatoms.